The van der Waals surface area contributed by atoms with Gasteiger partial charge in [-0.2, -0.15) is 0 Å². The summed E-state index contributed by atoms with van der Waals surface area (Å²) in [6.07, 6.45) is 0. The maximum absolute atomic E-state index is 8.41. The molecule has 0 aliphatic carbocycles. The quantitative estimate of drug-likeness (QED) is 0.344. The fourth-order valence-electron chi connectivity index (χ4n) is 0. The predicted molar refractivity (Wildman–Crippen MR) is 19.2 cm³/mol. The summed E-state index contributed by atoms with van der Waals surface area (Å²) in [5.74, 6) is 0. The van der Waals surface area contributed by atoms with Crippen molar-refractivity contribution in [2.75, 3.05) is 0 Å². The van der Waals surface area contributed by atoms with Crippen molar-refractivity contribution in [3.8, 4) is 0 Å². The zero-order valence-electron chi connectivity index (χ0n) is 4.03. The maximum Gasteiger partial charge on any atom is 0.190 e. The van der Waals surface area contributed by atoms with Crippen LogP contribution >= 0.6 is 0 Å². The van der Waals surface area contributed by atoms with E-state index in [4.69, 9.17) is 5.11 Å². The summed E-state index contributed by atoms with van der Waals surface area (Å²) in [6, 6.07) is 0. The molecular formula is C3H10BrNO. The molecule has 3 heteroatoms. The van der Waals surface area contributed by atoms with Crippen molar-refractivity contribution in [3.05, 3.63) is 0 Å². The lowest BCUT2D eigenvalue weighted by atomic mass is 10.4. The van der Waals surface area contributed by atoms with Crippen molar-refractivity contribution in [3.63, 3.8) is 0 Å². The molecule has 0 saturated heterocycles. The molecule has 0 aromatic carbocycles. The Balaban J connectivity index is 0. The standard InChI is InChI=1S/C3H9NO.BrH/c1-3(2,4)5;/h5H,4H2,1-2H3;1H. The number of hydrogen-bond donors (Lipinski definition) is 2. The predicted octanol–water partition coefficient (Wildman–Crippen LogP) is -4.04. The van der Waals surface area contributed by atoms with E-state index in [1.807, 2.05) is 0 Å². The molecule has 0 aromatic heterocycles. The van der Waals surface area contributed by atoms with E-state index in [0.717, 1.165) is 0 Å². The molecule has 0 bridgehead atoms. The molecule has 0 unspecified atom stereocenters. The van der Waals surface area contributed by atoms with Crippen LogP contribution in [-0.2, 0) is 0 Å². The molecule has 0 atom stereocenters. The molecule has 4 N–H and O–H groups in total. The van der Waals surface area contributed by atoms with Crippen molar-refractivity contribution in [1.29, 1.82) is 0 Å². The summed E-state index contributed by atoms with van der Waals surface area (Å²) >= 11 is 0. The van der Waals surface area contributed by atoms with Crippen LogP contribution < -0.4 is 22.7 Å². The Kier molecular flexibility index (Phi) is 4.10. The Morgan fingerprint density at radius 1 is 1.50 bits per heavy atom. The lowest BCUT2D eigenvalue weighted by Gasteiger charge is -2.00. The van der Waals surface area contributed by atoms with E-state index in [9.17, 15) is 0 Å². The van der Waals surface area contributed by atoms with Gasteiger partial charge in [0.05, 0.1) is 0 Å². The number of rotatable bonds is 0. The van der Waals surface area contributed by atoms with Crippen LogP contribution in [0.1, 0.15) is 13.8 Å². The Morgan fingerprint density at radius 3 is 1.50 bits per heavy atom. The van der Waals surface area contributed by atoms with E-state index < -0.39 is 5.72 Å². The second kappa shape index (κ2) is 2.55. The number of hydrogen-bond acceptors (Lipinski definition) is 1. The topological polar surface area (TPSA) is 47.9 Å². The highest BCUT2D eigenvalue weighted by atomic mass is 79.9. The number of quaternary nitrogens is 1. The van der Waals surface area contributed by atoms with Crippen LogP contribution in [-0.4, -0.2) is 10.8 Å². The van der Waals surface area contributed by atoms with Crippen LogP contribution in [0.25, 0.3) is 0 Å². The Hall–Kier alpha value is 0.400. The van der Waals surface area contributed by atoms with Crippen molar-refractivity contribution in [2.45, 2.75) is 19.6 Å². The molecule has 0 fully saturated rings. The molecule has 2 nitrogen and oxygen atoms in total. The Bertz CT molecular complexity index is 26.3. The molecule has 0 rings (SSSR count). The van der Waals surface area contributed by atoms with Crippen LogP contribution in [0.5, 0.6) is 0 Å². The highest BCUT2D eigenvalue weighted by molar-refractivity contribution is 4.34. The van der Waals surface area contributed by atoms with E-state index in [1.165, 1.54) is 0 Å². The minimum absolute atomic E-state index is 0. The van der Waals surface area contributed by atoms with Gasteiger partial charge in [-0.05, 0) is 0 Å². The molecule has 0 aliphatic rings. The van der Waals surface area contributed by atoms with Gasteiger partial charge in [0.2, 0.25) is 0 Å². The van der Waals surface area contributed by atoms with E-state index in [0.29, 0.717) is 0 Å². The van der Waals surface area contributed by atoms with E-state index in [2.05, 4.69) is 5.73 Å². The van der Waals surface area contributed by atoms with Crippen molar-refractivity contribution >= 4 is 0 Å². The van der Waals surface area contributed by atoms with Crippen molar-refractivity contribution < 1.29 is 27.8 Å². The molecule has 40 valence electrons. The minimum atomic E-state index is -0.750. The molecule has 0 radical (unpaired) electrons. The summed E-state index contributed by atoms with van der Waals surface area (Å²) in [7, 11) is 0. The van der Waals surface area contributed by atoms with Gasteiger partial charge >= 0.3 is 0 Å². The fourth-order valence-corrected chi connectivity index (χ4v) is 0. The third kappa shape index (κ3) is 318. The molecule has 0 aromatic rings. The average Bonchev–Trinajstić information content (AvgIpc) is 0.722. The summed E-state index contributed by atoms with van der Waals surface area (Å²) in [5.41, 5.74) is 2.58. The first-order chi connectivity index (χ1) is 2.00. The maximum atomic E-state index is 8.41. The van der Waals surface area contributed by atoms with Gasteiger partial charge in [-0.15, -0.1) is 0 Å². The van der Waals surface area contributed by atoms with E-state index in [-0.39, 0.29) is 17.0 Å². The fraction of sp³-hybridized carbons (Fsp3) is 1.00. The molecule has 0 amide bonds. The molecule has 0 heterocycles. The largest absolute Gasteiger partial charge is 1.00 e. The van der Waals surface area contributed by atoms with Gasteiger partial charge < -0.3 is 27.8 Å². The SMILES string of the molecule is CC(C)([NH3+])O.[Br-]. The normalized spacial score (nSPS) is 10.0. The van der Waals surface area contributed by atoms with Crippen LogP contribution in [0.15, 0.2) is 0 Å². The third-order valence-corrected chi connectivity index (χ3v) is 0. The first-order valence-corrected chi connectivity index (χ1v) is 1.58. The first-order valence-electron chi connectivity index (χ1n) is 1.58. The summed E-state index contributed by atoms with van der Waals surface area (Å²) in [5, 5.41) is 8.41. The van der Waals surface area contributed by atoms with Gasteiger partial charge in [-0.25, -0.2) is 0 Å². The second-order valence-electron chi connectivity index (χ2n) is 1.81. The van der Waals surface area contributed by atoms with Crippen molar-refractivity contribution in [1.82, 2.24) is 0 Å². The summed E-state index contributed by atoms with van der Waals surface area (Å²) < 4.78 is 0. The van der Waals surface area contributed by atoms with E-state index in [1.54, 1.807) is 13.8 Å². The minimum Gasteiger partial charge on any atom is -1.00 e. The van der Waals surface area contributed by atoms with Crippen LogP contribution in [0.3, 0.4) is 0 Å². The zero-order valence-corrected chi connectivity index (χ0v) is 5.62. The zero-order chi connectivity index (χ0) is 4.50. The van der Waals surface area contributed by atoms with Gasteiger partial charge in [0.1, 0.15) is 0 Å². The first kappa shape index (κ1) is 9.64. The summed E-state index contributed by atoms with van der Waals surface area (Å²) in [4.78, 5) is 0. The molecule has 0 saturated carbocycles. The van der Waals surface area contributed by atoms with Gasteiger partial charge in [-0.3, -0.25) is 0 Å². The van der Waals surface area contributed by atoms with Crippen LogP contribution in [0.2, 0.25) is 0 Å². The molecule has 0 spiro atoms. The molecular weight excluding hydrogens is 146 g/mol. The average molecular weight is 156 g/mol. The van der Waals surface area contributed by atoms with E-state index >= 15 is 0 Å². The van der Waals surface area contributed by atoms with Crippen LogP contribution in [0.4, 0.5) is 0 Å². The van der Waals surface area contributed by atoms with Gasteiger partial charge in [0.25, 0.3) is 0 Å². The van der Waals surface area contributed by atoms with Crippen molar-refractivity contribution in [2.24, 2.45) is 0 Å². The van der Waals surface area contributed by atoms with Crippen LogP contribution in [0, 0.1) is 0 Å². The highest BCUT2D eigenvalue weighted by Gasteiger charge is 2.03. The molecule has 6 heavy (non-hydrogen) atoms. The Morgan fingerprint density at radius 2 is 1.50 bits per heavy atom. The monoisotopic (exact) mass is 155 g/mol. The third-order valence-electron chi connectivity index (χ3n) is 0. The smallest absolute Gasteiger partial charge is 0.190 e. The van der Waals surface area contributed by atoms with Gasteiger partial charge in [0, 0.05) is 13.8 Å². The Labute approximate surface area is 48.1 Å². The lowest BCUT2D eigenvalue weighted by Crippen LogP contribution is -3.00. The second-order valence-corrected chi connectivity index (χ2v) is 1.81. The molecule has 0 aliphatic heterocycles. The number of aliphatic hydroxyl groups is 1. The van der Waals surface area contributed by atoms with Gasteiger partial charge in [-0.1, -0.05) is 0 Å². The highest BCUT2D eigenvalue weighted by Crippen LogP contribution is 1.78. The summed E-state index contributed by atoms with van der Waals surface area (Å²) in [6.45, 7) is 3.26. The van der Waals surface area contributed by atoms with Gasteiger partial charge in [0.15, 0.2) is 5.72 Å². The number of halogens is 1. The lowest BCUT2D eigenvalue weighted by molar-refractivity contribution is -0.533.